The number of nitrogens with zero attached hydrogens (tertiary/aromatic N) is 1. The average Bonchev–Trinajstić information content (AvgIpc) is 2.69. The summed E-state index contributed by atoms with van der Waals surface area (Å²) in [6, 6.07) is 4.62. The van der Waals surface area contributed by atoms with Crippen molar-refractivity contribution in [3.05, 3.63) is 34.2 Å². The van der Waals surface area contributed by atoms with Crippen LogP contribution in [0.3, 0.4) is 0 Å². The minimum Gasteiger partial charge on any atom is -0.478 e. The lowest BCUT2D eigenvalue weighted by Gasteiger charge is -2.04. The van der Waals surface area contributed by atoms with Gasteiger partial charge >= 0.3 is 11.7 Å². The van der Waals surface area contributed by atoms with Crippen LogP contribution in [-0.4, -0.2) is 41.8 Å². The van der Waals surface area contributed by atoms with Gasteiger partial charge in [-0.05, 0) is 18.6 Å². The standard InChI is InChI=1S/C12H15N3O5S/c1-21(19,20)13-6-3-7-15-9-5-2-4-8(11(16)17)10(9)14-12(15)18/h2,4-5,13H,3,6-7H2,1H3,(H,14,18)(H,16,17). The van der Waals surface area contributed by atoms with Crippen molar-refractivity contribution in [1.29, 1.82) is 0 Å². The highest BCUT2D eigenvalue weighted by atomic mass is 32.2. The molecule has 0 saturated heterocycles. The summed E-state index contributed by atoms with van der Waals surface area (Å²) >= 11 is 0. The molecule has 2 rings (SSSR count). The summed E-state index contributed by atoms with van der Waals surface area (Å²) in [5.74, 6) is -1.12. The van der Waals surface area contributed by atoms with E-state index in [1.54, 1.807) is 12.1 Å². The zero-order chi connectivity index (χ0) is 15.6. The van der Waals surface area contributed by atoms with Crippen LogP contribution in [0.2, 0.25) is 0 Å². The van der Waals surface area contributed by atoms with Crippen LogP contribution < -0.4 is 10.4 Å². The van der Waals surface area contributed by atoms with E-state index >= 15 is 0 Å². The van der Waals surface area contributed by atoms with Crippen molar-refractivity contribution >= 4 is 27.0 Å². The Hall–Kier alpha value is -2.13. The Morgan fingerprint density at radius 3 is 2.76 bits per heavy atom. The Bertz CT molecular complexity index is 834. The van der Waals surface area contributed by atoms with Gasteiger partial charge in [0.25, 0.3) is 0 Å². The molecule has 3 N–H and O–H groups in total. The van der Waals surface area contributed by atoms with Crippen LogP contribution >= 0.6 is 0 Å². The number of fused-ring (bicyclic) bond motifs is 1. The molecule has 9 heteroatoms. The van der Waals surface area contributed by atoms with Gasteiger partial charge in [-0.3, -0.25) is 4.57 Å². The Kier molecular flexibility index (Phi) is 4.14. The number of para-hydroxylation sites is 1. The van der Waals surface area contributed by atoms with Crippen molar-refractivity contribution in [2.24, 2.45) is 0 Å². The van der Waals surface area contributed by atoms with E-state index in [4.69, 9.17) is 5.11 Å². The topological polar surface area (TPSA) is 121 Å². The molecule has 0 fully saturated rings. The van der Waals surface area contributed by atoms with Crippen molar-refractivity contribution < 1.29 is 18.3 Å². The van der Waals surface area contributed by atoms with E-state index in [-0.39, 0.29) is 24.2 Å². The van der Waals surface area contributed by atoms with Crippen molar-refractivity contribution in [3.8, 4) is 0 Å². The molecule has 0 atom stereocenters. The number of carboxylic acids is 1. The number of carbonyl (C=O) groups is 1. The van der Waals surface area contributed by atoms with Gasteiger partial charge in [-0.1, -0.05) is 6.07 Å². The summed E-state index contributed by atoms with van der Waals surface area (Å²) < 4.78 is 25.6. The highest BCUT2D eigenvalue weighted by Crippen LogP contribution is 2.15. The molecule has 1 heterocycles. The van der Waals surface area contributed by atoms with Crippen molar-refractivity contribution in [2.75, 3.05) is 12.8 Å². The van der Waals surface area contributed by atoms with Crippen LogP contribution in [0.5, 0.6) is 0 Å². The molecule has 1 aromatic carbocycles. The van der Waals surface area contributed by atoms with Crippen molar-refractivity contribution in [3.63, 3.8) is 0 Å². The largest absolute Gasteiger partial charge is 0.478 e. The second-order valence-electron chi connectivity index (χ2n) is 4.61. The maximum atomic E-state index is 11.9. The predicted molar refractivity (Wildman–Crippen MR) is 77.0 cm³/mol. The Morgan fingerprint density at radius 1 is 1.43 bits per heavy atom. The summed E-state index contributed by atoms with van der Waals surface area (Å²) in [7, 11) is -3.26. The molecule has 0 amide bonds. The van der Waals surface area contributed by atoms with E-state index in [0.717, 1.165) is 6.26 Å². The fourth-order valence-electron chi connectivity index (χ4n) is 2.08. The first kappa shape index (κ1) is 15.3. The van der Waals surface area contributed by atoms with E-state index in [9.17, 15) is 18.0 Å². The lowest BCUT2D eigenvalue weighted by molar-refractivity contribution is 0.0699. The number of hydrogen-bond acceptors (Lipinski definition) is 4. The normalized spacial score (nSPS) is 11.9. The van der Waals surface area contributed by atoms with E-state index in [1.807, 2.05) is 0 Å². The van der Waals surface area contributed by atoms with Crippen LogP contribution in [0.25, 0.3) is 11.0 Å². The summed E-state index contributed by atoms with van der Waals surface area (Å²) in [5, 5.41) is 9.08. The molecule has 0 saturated carbocycles. The monoisotopic (exact) mass is 313 g/mol. The molecule has 0 aliphatic heterocycles. The highest BCUT2D eigenvalue weighted by Gasteiger charge is 2.14. The number of benzene rings is 1. The van der Waals surface area contributed by atoms with E-state index < -0.39 is 21.7 Å². The number of aryl methyl sites for hydroxylation is 1. The number of sulfonamides is 1. The lowest BCUT2D eigenvalue weighted by Crippen LogP contribution is -2.25. The van der Waals surface area contributed by atoms with E-state index in [2.05, 4.69) is 9.71 Å². The summed E-state index contributed by atoms with van der Waals surface area (Å²) in [6.07, 6.45) is 1.47. The number of aromatic nitrogens is 2. The zero-order valence-corrected chi connectivity index (χ0v) is 12.1. The number of aromatic carboxylic acids is 1. The minimum absolute atomic E-state index is 0.0256. The molecule has 0 aliphatic carbocycles. The first-order valence-corrected chi connectivity index (χ1v) is 8.08. The van der Waals surface area contributed by atoms with Gasteiger partial charge in [0, 0.05) is 13.1 Å². The van der Waals surface area contributed by atoms with Crippen molar-refractivity contribution in [1.82, 2.24) is 14.3 Å². The number of imidazole rings is 1. The maximum absolute atomic E-state index is 11.9. The lowest BCUT2D eigenvalue weighted by atomic mass is 10.2. The predicted octanol–water partition coefficient (Wildman–Crippen LogP) is -0.0329. The van der Waals surface area contributed by atoms with E-state index in [1.165, 1.54) is 10.6 Å². The number of aromatic amines is 1. The van der Waals surface area contributed by atoms with Crippen LogP contribution in [0.15, 0.2) is 23.0 Å². The smallest absolute Gasteiger partial charge is 0.337 e. The van der Waals surface area contributed by atoms with Gasteiger partial charge in [0.1, 0.15) is 0 Å². The first-order chi connectivity index (χ1) is 9.79. The zero-order valence-electron chi connectivity index (χ0n) is 11.3. The van der Waals surface area contributed by atoms with Gasteiger partial charge in [-0.2, -0.15) is 0 Å². The molecular formula is C12H15N3O5S. The molecule has 0 bridgehead atoms. The van der Waals surface area contributed by atoms with Gasteiger partial charge in [-0.15, -0.1) is 0 Å². The molecule has 0 radical (unpaired) electrons. The molecule has 8 nitrogen and oxygen atoms in total. The third-order valence-electron chi connectivity index (χ3n) is 2.96. The molecule has 21 heavy (non-hydrogen) atoms. The molecule has 0 unspecified atom stereocenters. The van der Waals surface area contributed by atoms with Gasteiger partial charge in [-0.25, -0.2) is 22.7 Å². The van der Waals surface area contributed by atoms with Crippen LogP contribution in [0.4, 0.5) is 0 Å². The second-order valence-corrected chi connectivity index (χ2v) is 6.44. The Labute approximate surface area is 120 Å². The quantitative estimate of drug-likeness (QED) is 0.646. The number of H-pyrrole nitrogens is 1. The highest BCUT2D eigenvalue weighted by molar-refractivity contribution is 7.88. The van der Waals surface area contributed by atoms with Gasteiger partial charge in [0.15, 0.2) is 0 Å². The number of carboxylic acid groups (broad SMARTS) is 1. The maximum Gasteiger partial charge on any atom is 0.337 e. The Morgan fingerprint density at radius 2 is 2.14 bits per heavy atom. The first-order valence-electron chi connectivity index (χ1n) is 6.19. The fraction of sp³-hybridized carbons (Fsp3) is 0.333. The van der Waals surface area contributed by atoms with E-state index in [0.29, 0.717) is 11.9 Å². The molecule has 1 aromatic heterocycles. The molecule has 0 spiro atoms. The number of rotatable bonds is 6. The molecule has 114 valence electrons. The van der Waals surface area contributed by atoms with Crippen LogP contribution in [-0.2, 0) is 16.6 Å². The summed E-state index contributed by atoms with van der Waals surface area (Å²) in [6.45, 7) is 0.487. The third kappa shape index (κ3) is 3.50. The molecular weight excluding hydrogens is 298 g/mol. The number of hydrogen-bond donors (Lipinski definition) is 3. The number of nitrogens with one attached hydrogen (secondary N) is 2. The minimum atomic E-state index is -3.26. The third-order valence-corrected chi connectivity index (χ3v) is 3.69. The van der Waals surface area contributed by atoms with Crippen LogP contribution in [0, 0.1) is 0 Å². The van der Waals surface area contributed by atoms with Gasteiger partial charge in [0.2, 0.25) is 10.0 Å². The SMILES string of the molecule is CS(=O)(=O)NCCCn1c(=O)[nH]c2c(C(=O)O)cccc21. The second kappa shape index (κ2) is 5.70. The summed E-state index contributed by atoms with van der Waals surface area (Å²) in [5.41, 5.74) is 0.362. The van der Waals surface area contributed by atoms with Crippen molar-refractivity contribution in [2.45, 2.75) is 13.0 Å². The van der Waals surface area contributed by atoms with Gasteiger partial charge in [0.05, 0.1) is 22.9 Å². The molecule has 0 aliphatic rings. The average molecular weight is 313 g/mol. The Balaban J connectivity index is 2.25. The summed E-state index contributed by atoms with van der Waals surface area (Å²) in [4.78, 5) is 25.5. The molecule has 2 aromatic rings. The van der Waals surface area contributed by atoms with Crippen LogP contribution in [0.1, 0.15) is 16.8 Å². The fourth-order valence-corrected chi connectivity index (χ4v) is 2.59. The van der Waals surface area contributed by atoms with Gasteiger partial charge < -0.3 is 10.1 Å².